The van der Waals surface area contributed by atoms with E-state index in [-0.39, 0.29) is 17.2 Å². The van der Waals surface area contributed by atoms with E-state index < -0.39 is 37.6 Å². The number of thiophene rings is 1. The molecule has 1 atom stereocenters. The molecule has 1 aromatic heterocycles. The van der Waals surface area contributed by atoms with Gasteiger partial charge in [-0.1, -0.05) is 6.07 Å². The molecule has 122 valence electrons. The summed E-state index contributed by atoms with van der Waals surface area (Å²) in [5.74, 6) is -1.46. The van der Waals surface area contributed by atoms with Crippen LogP contribution in [-0.2, 0) is 24.7 Å². The van der Waals surface area contributed by atoms with Crippen LogP contribution in [0.4, 0.5) is 0 Å². The van der Waals surface area contributed by atoms with Crippen LogP contribution in [0.1, 0.15) is 6.42 Å². The number of carbonyl (C=O) groups excluding carboxylic acids is 1. The number of hydrogen-bond donors (Lipinski definition) is 2. The Kier molecular flexibility index (Phi) is 6.48. The zero-order chi connectivity index (χ0) is 16.8. The van der Waals surface area contributed by atoms with Crippen LogP contribution in [0, 0.1) is 11.3 Å². The van der Waals surface area contributed by atoms with Crippen LogP contribution in [0.25, 0.3) is 0 Å². The molecule has 2 N–H and O–H groups in total. The van der Waals surface area contributed by atoms with Crippen LogP contribution in [0.2, 0.25) is 0 Å². The van der Waals surface area contributed by atoms with E-state index in [1.807, 2.05) is 6.07 Å². The number of nitriles is 1. The Morgan fingerprint density at radius 1 is 1.41 bits per heavy atom. The highest BCUT2D eigenvalue weighted by Crippen LogP contribution is 2.16. The molecule has 1 heterocycles. The molecule has 0 aliphatic rings. The van der Waals surface area contributed by atoms with Crippen molar-refractivity contribution < 1.29 is 21.6 Å². The van der Waals surface area contributed by atoms with Gasteiger partial charge in [0.2, 0.25) is 5.91 Å². The maximum atomic E-state index is 12.1. The highest BCUT2D eigenvalue weighted by atomic mass is 32.2. The van der Waals surface area contributed by atoms with E-state index in [1.165, 1.54) is 12.1 Å². The number of amides is 1. The lowest BCUT2D eigenvalue weighted by molar-refractivity contribution is -0.122. The Hall–Kier alpha value is -1.48. The van der Waals surface area contributed by atoms with Crippen molar-refractivity contribution in [3.63, 3.8) is 0 Å². The molecule has 8 nitrogen and oxygen atoms in total. The molecule has 0 saturated heterocycles. The molecular formula is C11H15N3O5S3. The minimum Gasteiger partial charge on any atom is -0.354 e. The molecule has 1 unspecified atom stereocenters. The number of hydrogen-bond acceptors (Lipinski definition) is 7. The third-order valence-corrected chi connectivity index (χ3v) is 6.19. The maximum absolute atomic E-state index is 12.1. The normalized spacial score (nSPS) is 13.3. The van der Waals surface area contributed by atoms with Crippen LogP contribution in [0.5, 0.6) is 0 Å². The largest absolute Gasteiger partial charge is 0.354 e. The second kappa shape index (κ2) is 7.68. The quantitative estimate of drug-likeness (QED) is 0.595. The van der Waals surface area contributed by atoms with E-state index in [2.05, 4.69) is 10.0 Å². The third-order valence-electron chi connectivity index (χ3n) is 2.38. The van der Waals surface area contributed by atoms with Crippen LogP contribution in [-0.4, -0.2) is 47.3 Å². The molecule has 0 spiro atoms. The summed E-state index contributed by atoms with van der Waals surface area (Å²) in [6.07, 6.45) is 0.941. The van der Waals surface area contributed by atoms with Gasteiger partial charge in [-0.05, 0) is 11.4 Å². The fourth-order valence-electron chi connectivity index (χ4n) is 1.49. The predicted octanol–water partition coefficient (Wildman–Crippen LogP) is -0.531. The van der Waals surface area contributed by atoms with Crippen molar-refractivity contribution in [2.24, 2.45) is 0 Å². The fourth-order valence-corrected chi connectivity index (χ4v) is 4.64. The molecule has 0 radical (unpaired) electrons. The lowest BCUT2D eigenvalue weighted by Gasteiger charge is -2.16. The minimum atomic E-state index is -3.99. The van der Waals surface area contributed by atoms with Crippen molar-refractivity contribution in [1.82, 2.24) is 10.0 Å². The number of nitrogens with zero attached hydrogens (tertiary/aromatic N) is 1. The molecule has 1 amide bonds. The Labute approximate surface area is 133 Å². The molecule has 0 aliphatic heterocycles. The second-order valence-electron chi connectivity index (χ2n) is 4.40. The van der Waals surface area contributed by atoms with Gasteiger partial charge in [-0.3, -0.25) is 4.79 Å². The summed E-state index contributed by atoms with van der Waals surface area (Å²) in [4.78, 5) is 11.9. The molecule has 0 aromatic carbocycles. The zero-order valence-corrected chi connectivity index (χ0v) is 14.1. The van der Waals surface area contributed by atoms with E-state index in [4.69, 9.17) is 5.26 Å². The summed E-state index contributed by atoms with van der Waals surface area (Å²) in [5, 5.41) is 12.3. The number of sulfone groups is 1. The highest BCUT2D eigenvalue weighted by molar-refractivity contribution is 7.92. The van der Waals surface area contributed by atoms with Crippen LogP contribution in [0.15, 0.2) is 21.7 Å². The summed E-state index contributed by atoms with van der Waals surface area (Å²) >= 11 is 0.948. The van der Waals surface area contributed by atoms with Gasteiger partial charge < -0.3 is 5.32 Å². The third kappa shape index (κ3) is 6.10. The summed E-state index contributed by atoms with van der Waals surface area (Å²) in [7, 11) is -7.58. The van der Waals surface area contributed by atoms with Crippen molar-refractivity contribution >= 4 is 37.1 Å². The Morgan fingerprint density at radius 3 is 2.59 bits per heavy atom. The van der Waals surface area contributed by atoms with Crippen LogP contribution < -0.4 is 10.0 Å². The summed E-state index contributed by atoms with van der Waals surface area (Å²) in [6, 6.07) is 3.22. The molecular weight excluding hydrogens is 350 g/mol. The monoisotopic (exact) mass is 365 g/mol. The average molecular weight is 365 g/mol. The van der Waals surface area contributed by atoms with Gasteiger partial charge in [0, 0.05) is 12.8 Å². The van der Waals surface area contributed by atoms with E-state index in [0.29, 0.717) is 0 Å². The van der Waals surface area contributed by atoms with E-state index >= 15 is 0 Å². The Bertz CT molecular complexity index is 747. The molecule has 11 heteroatoms. The summed E-state index contributed by atoms with van der Waals surface area (Å²) in [5.41, 5.74) is 0. The first-order valence-corrected chi connectivity index (χ1v) is 10.5. The standard InChI is InChI=1S/C11H15N3O5S3/c1-21(16,17)8-9(11(15)13-6-3-5-12)14-22(18,19)10-4-2-7-20-10/h2,4,7,9,14H,3,6,8H2,1H3,(H,13,15). The summed E-state index contributed by atoms with van der Waals surface area (Å²) < 4.78 is 49.0. The lowest BCUT2D eigenvalue weighted by atomic mass is 10.3. The first kappa shape index (κ1) is 18.6. The van der Waals surface area contributed by atoms with E-state index in [0.717, 1.165) is 17.6 Å². The van der Waals surface area contributed by atoms with Gasteiger partial charge in [-0.25, -0.2) is 16.8 Å². The van der Waals surface area contributed by atoms with Gasteiger partial charge in [-0.15, -0.1) is 11.3 Å². The first-order valence-electron chi connectivity index (χ1n) is 6.04. The SMILES string of the molecule is CS(=O)(=O)CC(NS(=O)(=O)c1cccs1)C(=O)NCCC#N. The van der Waals surface area contributed by atoms with Gasteiger partial charge in [-0.2, -0.15) is 9.98 Å². The van der Waals surface area contributed by atoms with Crippen molar-refractivity contribution in [3.05, 3.63) is 17.5 Å². The predicted molar refractivity (Wildman–Crippen MR) is 81.4 cm³/mol. The number of nitrogens with one attached hydrogen (secondary N) is 2. The Balaban J connectivity index is 2.91. The van der Waals surface area contributed by atoms with Gasteiger partial charge in [0.25, 0.3) is 10.0 Å². The molecule has 1 rings (SSSR count). The van der Waals surface area contributed by atoms with Gasteiger partial charge in [0.05, 0.1) is 18.2 Å². The Morgan fingerprint density at radius 2 is 2.09 bits per heavy atom. The molecule has 0 saturated carbocycles. The number of carbonyl (C=O) groups is 1. The van der Waals surface area contributed by atoms with Crippen molar-refractivity contribution in [2.75, 3.05) is 18.6 Å². The van der Waals surface area contributed by atoms with Crippen molar-refractivity contribution in [2.45, 2.75) is 16.7 Å². The average Bonchev–Trinajstić information content (AvgIpc) is 2.90. The van der Waals surface area contributed by atoms with Crippen molar-refractivity contribution in [1.29, 1.82) is 5.26 Å². The number of sulfonamides is 1. The van der Waals surface area contributed by atoms with Crippen LogP contribution >= 0.6 is 11.3 Å². The van der Waals surface area contributed by atoms with Gasteiger partial charge in [0.15, 0.2) is 0 Å². The van der Waals surface area contributed by atoms with E-state index in [1.54, 1.807) is 5.38 Å². The first-order chi connectivity index (χ1) is 10.2. The van der Waals surface area contributed by atoms with Gasteiger partial charge in [0.1, 0.15) is 20.1 Å². The maximum Gasteiger partial charge on any atom is 0.250 e. The van der Waals surface area contributed by atoms with Crippen molar-refractivity contribution in [3.8, 4) is 6.07 Å². The lowest BCUT2D eigenvalue weighted by Crippen LogP contribution is -2.50. The highest BCUT2D eigenvalue weighted by Gasteiger charge is 2.29. The van der Waals surface area contributed by atoms with E-state index in [9.17, 15) is 21.6 Å². The minimum absolute atomic E-state index is 0.0102. The molecule has 22 heavy (non-hydrogen) atoms. The van der Waals surface area contributed by atoms with Gasteiger partial charge >= 0.3 is 0 Å². The number of rotatable bonds is 8. The smallest absolute Gasteiger partial charge is 0.250 e. The zero-order valence-electron chi connectivity index (χ0n) is 11.6. The summed E-state index contributed by atoms with van der Waals surface area (Å²) in [6.45, 7) is 0.0102. The topological polar surface area (TPSA) is 133 Å². The molecule has 0 bridgehead atoms. The fraction of sp³-hybridized carbons (Fsp3) is 0.455. The molecule has 0 aliphatic carbocycles. The second-order valence-corrected chi connectivity index (χ2v) is 9.47. The molecule has 0 fully saturated rings. The molecule has 1 aromatic rings. The van der Waals surface area contributed by atoms with Crippen LogP contribution in [0.3, 0.4) is 0 Å².